The molecule has 0 bridgehead atoms. The lowest BCUT2D eigenvalue weighted by Gasteiger charge is -2.05. The van der Waals surface area contributed by atoms with Crippen molar-refractivity contribution >= 4 is 34.5 Å². The van der Waals surface area contributed by atoms with Crippen LogP contribution >= 0.6 is 22.6 Å². The second-order valence-corrected chi connectivity index (χ2v) is 4.46. The summed E-state index contributed by atoms with van der Waals surface area (Å²) in [6.45, 7) is 0.206. The lowest BCUT2D eigenvalue weighted by Crippen LogP contribution is -2.09. The van der Waals surface area contributed by atoms with Crippen molar-refractivity contribution in [3.8, 4) is 5.75 Å². The fourth-order valence-electron chi connectivity index (χ4n) is 1.20. The molecule has 17 heavy (non-hydrogen) atoms. The minimum Gasteiger partial charge on any atom is -0.486 e. The van der Waals surface area contributed by atoms with E-state index in [-0.39, 0.29) is 18.5 Å². The molecule has 7 heteroatoms. The van der Waals surface area contributed by atoms with Gasteiger partial charge in [-0.25, -0.2) is 0 Å². The fraction of sp³-hybridized carbons (Fsp3) is 0.100. The second-order valence-electron chi connectivity index (χ2n) is 3.21. The molecule has 2 rings (SSSR count). The first-order valence-electron chi connectivity index (χ1n) is 4.78. The van der Waals surface area contributed by atoms with Gasteiger partial charge in [-0.2, -0.15) is 15.0 Å². The van der Waals surface area contributed by atoms with Crippen LogP contribution in [-0.2, 0) is 6.61 Å². The minimum absolute atomic E-state index is 0.0960. The molecule has 0 aliphatic heterocycles. The summed E-state index contributed by atoms with van der Waals surface area (Å²) in [7, 11) is 0. The molecule has 6 nitrogen and oxygen atoms in total. The number of benzene rings is 1. The van der Waals surface area contributed by atoms with Crippen molar-refractivity contribution in [2.45, 2.75) is 6.61 Å². The van der Waals surface area contributed by atoms with Gasteiger partial charge in [-0.05, 0) is 46.9 Å². The van der Waals surface area contributed by atoms with Gasteiger partial charge in [0.05, 0.1) is 0 Å². The van der Waals surface area contributed by atoms with Gasteiger partial charge < -0.3 is 16.2 Å². The molecule has 1 aromatic carbocycles. The summed E-state index contributed by atoms with van der Waals surface area (Å²) in [5.41, 5.74) is 10.9. The highest BCUT2D eigenvalue weighted by atomic mass is 127. The first kappa shape index (κ1) is 11.8. The lowest BCUT2D eigenvalue weighted by molar-refractivity contribution is 0.296. The van der Waals surface area contributed by atoms with Crippen LogP contribution in [0.2, 0.25) is 0 Å². The van der Waals surface area contributed by atoms with Crippen molar-refractivity contribution < 1.29 is 4.74 Å². The van der Waals surface area contributed by atoms with Crippen molar-refractivity contribution in [3.63, 3.8) is 0 Å². The Balaban J connectivity index is 2.04. The molecule has 1 heterocycles. The summed E-state index contributed by atoms with van der Waals surface area (Å²) in [4.78, 5) is 11.5. The maximum Gasteiger partial charge on any atom is 0.225 e. The number of nitrogens with zero attached hydrogens (tertiary/aromatic N) is 3. The summed E-state index contributed by atoms with van der Waals surface area (Å²) in [5.74, 6) is 1.34. The number of nitrogen functional groups attached to an aromatic ring is 2. The Morgan fingerprint density at radius 1 is 1.00 bits per heavy atom. The van der Waals surface area contributed by atoms with Gasteiger partial charge in [0, 0.05) is 3.57 Å². The molecule has 0 fully saturated rings. The van der Waals surface area contributed by atoms with Gasteiger partial charge >= 0.3 is 0 Å². The monoisotopic (exact) mass is 343 g/mol. The molecule has 88 valence electrons. The first-order valence-corrected chi connectivity index (χ1v) is 5.85. The quantitative estimate of drug-likeness (QED) is 0.813. The van der Waals surface area contributed by atoms with Crippen LogP contribution in [0.1, 0.15) is 5.82 Å². The molecule has 4 N–H and O–H groups in total. The highest BCUT2D eigenvalue weighted by molar-refractivity contribution is 14.1. The molecule has 0 amide bonds. The molecular weight excluding hydrogens is 333 g/mol. The van der Waals surface area contributed by atoms with Crippen molar-refractivity contribution in [2.24, 2.45) is 0 Å². The molecule has 0 saturated carbocycles. The number of hydrogen-bond acceptors (Lipinski definition) is 6. The smallest absolute Gasteiger partial charge is 0.225 e. The van der Waals surface area contributed by atoms with Crippen LogP contribution in [0.15, 0.2) is 24.3 Å². The van der Waals surface area contributed by atoms with Gasteiger partial charge in [-0.1, -0.05) is 0 Å². The van der Waals surface area contributed by atoms with Crippen LogP contribution < -0.4 is 16.2 Å². The Kier molecular flexibility index (Phi) is 3.57. The van der Waals surface area contributed by atoms with Gasteiger partial charge in [0.25, 0.3) is 0 Å². The van der Waals surface area contributed by atoms with E-state index in [0.29, 0.717) is 5.82 Å². The van der Waals surface area contributed by atoms with Crippen LogP contribution in [0.25, 0.3) is 0 Å². The van der Waals surface area contributed by atoms with Crippen LogP contribution in [-0.4, -0.2) is 15.0 Å². The Morgan fingerprint density at radius 2 is 1.59 bits per heavy atom. The minimum atomic E-state index is 0.0960. The summed E-state index contributed by atoms with van der Waals surface area (Å²) in [6, 6.07) is 7.64. The third-order valence-electron chi connectivity index (χ3n) is 1.90. The van der Waals surface area contributed by atoms with E-state index in [1.54, 1.807) is 0 Å². The Bertz CT molecular complexity index is 496. The van der Waals surface area contributed by atoms with Crippen molar-refractivity contribution in [2.75, 3.05) is 11.5 Å². The zero-order valence-electron chi connectivity index (χ0n) is 8.80. The molecule has 0 radical (unpaired) electrons. The molecule has 0 aliphatic carbocycles. The maximum atomic E-state index is 5.49. The fourth-order valence-corrected chi connectivity index (χ4v) is 1.56. The van der Waals surface area contributed by atoms with E-state index in [1.165, 1.54) is 0 Å². The van der Waals surface area contributed by atoms with Crippen molar-refractivity contribution in [1.29, 1.82) is 0 Å². The number of rotatable bonds is 3. The summed E-state index contributed by atoms with van der Waals surface area (Å²) in [5, 5.41) is 0. The second kappa shape index (κ2) is 5.13. The van der Waals surface area contributed by atoms with Crippen molar-refractivity contribution in [1.82, 2.24) is 15.0 Å². The van der Waals surface area contributed by atoms with E-state index in [2.05, 4.69) is 37.5 Å². The highest BCUT2D eigenvalue weighted by Gasteiger charge is 2.02. The Morgan fingerprint density at radius 3 is 2.18 bits per heavy atom. The number of aromatic nitrogens is 3. The van der Waals surface area contributed by atoms with E-state index in [0.717, 1.165) is 9.32 Å². The van der Waals surface area contributed by atoms with E-state index in [1.807, 2.05) is 24.3 Å². The summed E-state index contributed by atoms with van der Waals surface area (Å²) in [6.07, 6.45) is 0. The van der Waals surface area contributed by atoms with E-state index in [4.69, 9.17) is 16.2 Å². The third kappa shape index (κ3) is 3.41. The maximum absolute atomic E-state index is 5.49. The normalized spacial score (nSPS) is 10.2. The predicted molar refractivity (Wildman–Crippen MR) is 72.1 cm³/mol. The lowest BCUT2D eigenvalue weighted by atomic mass is 10.3. The van der Waals surface area contributed by atoms with E-state index >= 15 is 0 Å². The number of nitrogens with two attached hydrogens (primary N) is 2. The summed E-state index contributed by atoms with van der Waals surface area (Å²) < 4.78 is 6.63. The van der Waals surface area contributed by atoms with Gasteiger partial charge in [0.1, 0.15) is 12.4 Å². The molecule has 0 unspecified atom stereocenters. The number of anilines is 2. The molecule has 0 aliphatic rings. The Hall–Kier alpha value is -1.64. The topological polar surface area (TPSA) is 99.9 Å². The number of ether oxygens (including phenoxy) is 1. The van der Waals surface area contributed by atoms with E-state index < -0.39 is 0 Å². The largest absolute Gasteiger partial charge is 0.486 e. The first-order chi connectivity index (χ1) is 8.13. The van der Waals surface area contributed by atoms with Crippen LogP contribution in [0.3, 0.4) is 0 Å². The standard InChI is InChI=1S/C10H10IN5O/c11-6-1-3-7(4-2-6)17-5-8-14-9(12)16-10(13)15-8/h1-4H,5H2,(H4,12,13,14,15,16). The van der Waals surface area contributed by atoms with Crippen LogP contribution in [0, 0.1) is 3.57 Å². The molecule has 1 aromatic heterocycles. The highest BCUT2D eigenvalue weighted by Crippen LogP contribution is 2.14. The number of halogens is 1. The zero-order chi connectivity index (χ0) is 12.3. The van der Waals surface area contributed by atoms with Gasteiger partial charge in [-0.15, -0.1) is 0 Å². The van der Waals surface area contributed by atoms with Crippen molar-refractivity contribution in [3.05, 3.63) is 33.7 Å². The van der Waals surface area contributed by atoms with Gasteiger partial charge in [0.15, 0.2) is 5.82 Å². The molecule has 0 spiro atoms. The van der Waals surface area contributed by atoms with Crippen LogP contribution in [0.5, 0.6) is 5.75 Å². The van der Waals surface area contributed by atoms with Gasteiger partial charge in [0.2, 0.25) is 11.9 Å². The van der Waals surface area contributed by atoms with Gasteiger partial charge in [-0.3, -0.25) is 0 Å². The molecule has 0 atom stereocenters. The molecular formula is C10H10IN5O. The van der Waals surface area contributed by atoms with E-state index in [9.17, 15) is 0 Å². The SMILES string of the molecule is Nc1nc(N)nc(COc2ccc(I)cc2)n1. The average Bonchev–Trinajstić information content (AvgIpc) is 2.27. The Labute approximate surface area is 112 Å². The average molecular weight is 343 g/mol. The molecule has 2 aromatic rings. The van der Waals surface area contributed by atoms with Crippen LogP contribution in [0.4, 0.5) is 11.9 Å². The summed E-state index contributed by atoms with van der Waals surface area (Å²) >= 11 is 2.22. The molecule has 0 saturated heterocycles. The zero-order valence-corrected chi connectivity index (χ0v) is 11.0. The third-order valence-corrected chi connectivity index (χ3v) is 2.62. The predicted octanol–water partition coefficient (Wildman–Crippen LogP) is 1.22. The number of hydrogen-bond donors (Lipinski definition) is 2.